The predicted molar refractivity (Wildman–Crippen MR) is 55.7 cm³/mol. The minimum atomic E-state index is -1.68. The van der Waals surface area contributed by atoms with Crippen LogP contribution in [0.5, 0.6) is 0 Å². The van der Waals surface area contributed by atoms with Gasteiger partial charge in [0.1, 0.15) is 18.3 Å². The summed E-state index contributed by atoms with van der Waals surface area (Å²) in [6.07, 6.45) is -7.59. The maximum Gasteiger partial charge on any atom is 0.111 e. The summed E-state index contributed by atoms with van der Waals surface area (Å²) < 4.78 is 0. The SMILES string of the molecule is CNCC(O)C(O)C(O)C(O)C(O)CCO. The topological polar surface area (TPSA) is 133 Å². The lowest BCUT2D eigenvalue weighted by molar-refractivity contribution is -0.135. The molecule has 5 unspecified atom stereocenters. The fourth-order valence-corrected chi connectivity index (χ4v) is 1.29. The van der Waals surface area contributed by atoms with Gasteiger partial charge >= 0.3 is 0 Å². The molecule has 0 aliphatic rings. The van der Waals surface area contributed by atoms with Crippen molar-refractivity contribution in [3.8, 4) is 0 Å². The summed E-state index contributed by atoms with van der Waals surface area (Å²) in [5, 5.41) is 58.0. The quantitative estimate of drug-likeness (QED) is 0.233. The highest BCUT2D eigenvalue weighted by atomic mass is 16.4. The zero-order valence-electron chi connectivity index (χ0n) is 9.19. The second-order valence-electron chi connectivity index (χ2n) is 3.68. The third-order valence-electron chi connectivity index (χ3n) is 2.33. The van der Waals surface area contributed by atoms with E-state index in [0.717, 1.165) is 0 Å². The molecule has 0 radical (unpaired) electrons. The fraction of sp³-hybridized carbons (Fsp3) is 1.00. The van der Waals surface area contributed by atoms with Crippen LogP contribution >= 0.6 is 0 Å². The Hall–Kier alpha value is -0.280. The summed E-state index contributed by atoms with van der Waals surface area (Å²) in [5.74, 6) is 0. The third-order valence-corrected chi connectivity index (χ3v) is 2.33. The predicted octanol–water partition coefficient (Wildman–Crippen LogP) is -3.61. The van der Waals surface area contributed by atoms with Gasteiger partial charge in [-0.05, 0) is 13.5 Å². The van der Waals surface area contributed by atoms with E-state index in [1.54, 1.807) is 7.05 Å². The number of hydrogen-bond acceptors (Lipinski definition) is 7. The van der Waals surface area contributed by atoms with Gasteiger partial charge in [0.05, 0.1) is 12.2 Å². The van der Waals surface area contributed by atoms with E-state index in [9.17, 15) is 25.5 Å². The molecular weight excluding hydrogens is 218 g/mol. The maximum atomic E-state index is 9.45. The molecule has 0 heterocycles. The van der Waals surface area contributed by atoms with Gasteiger partial charge in [-0.2, -0.15) is 0 Å². The van der Waals surface area contributed by atoms with E-state index in [1.165, 1.54) is 0 Å². The molecule has 0 aromatic heterocycles. The minimum absolute atomic E-state index is 0.0427. The van der Waals surface area contributed by atoms with E-state index in [2.05, 4.69) is 5.32 Å². The third kappa shape index (κ3) is 4.71. The van der Waals surface area contributed by atoms with E-state index >= 15 is 0 Å². The number of likely N-dealkylation sites (N-methyl/N-ethyl adjacent to an activating group) is 1. The zero-order valence-corrected chi connectivity index (χ0v) is 9.19. The van der Waals surface area contributed by atoms with Gasteiger partial charge in [0.15, 0.2) is 0 Å². The Morgan fingerprint density at radius 3 is 1.81 bits per heavy atom. The van der Waals surface area contributed by atoms with Gasteiger partial charge in [0, 0.05) is 13.2 Å². The first-order valence-corrected chi connectivity index (χ1v) is 5.11. The smallest absolute Gasteiger partial charge is 0.111 e. The van der Waals surface area contributed by atoms with Crippen molar-refractivity contribution < 1.29 is 30.6 Å². The molecular formula is C9H21NO6. The van der Waals surface area contributed by atoms with Gasteiger partial charge < -0.3 is 36.0 Å². The van der Waals surface area contributed by atoms with Crippen LogP contribution in [0.15, 0.2) is 0 Å². The lowest BCUT2D eigenvalue weighted by Crippen LogP contribution is -2.51. The standard InChI is InChI=1S/C9H21NO6/c1-10-4-6(13)8(15)9(16)7(14)5(12)2-3-11/h5-16H,2-4H2,1H3. The number of hydrogen-bond donors (Lipinski definition) is 7. The highest BCUT2D eigenvalue weighted by Crippen LogP contribution is 2.10. The van der Waals surface area contributed by atoms with Crippen molar-refractivity contribution >= 4 is 0 Å². The van der Waals surface area contributed by atoms with E-state index < -0.39 is 30.5 Å². The summed E-state index contributed by atoms with van der Waals surface area (Å²) in [6.45, 7) is -0.304. The summed E-state index contributed by atoms with van der Waals surface area (Å²) in [5.41, 5.74) is 0. The van der Waals surface area contributed by atoms with Crippen LogP contribution in [0.3, 0.4) is 0 Å². The molecule has 0 aromatic rings. The lowest BCUT2D eigenvalue weighted by atomic mass is 9.98. The second-order valence-corrected chi connectivity index (χ2v) is 3.68. The highest BCUT2D eigenvalue weighted by Gasteiger charge is 2.33. The maximum absolute atomic E-state index is 9.45. The van der Waals surface area contributed by atoms with Crippen LogP contribution in [0.2, 0.25) is 0 Å². The van der Waals surface area contributed by atoms with Crippen LogP contribution in [0.4, 0.5) is 0 Å². The Morgan fingerprint density at radius 1 is 0.875 bits per heavy atom. The summed E-state index contributed by atoms with van der Waals surface area (Å²) in [6, 6.07) is 0. The Labute approximate surface area is 94.0 Å². The number of aliphatic hydroxyl groups is 6. The molecule has 0 bridgehead atoms. The number of nitrogens with one attached hydrogen (secondary N) is 1. The van der Waals surface area contributed by atoms with Crippen LogP contribution in [0.1, 0.15) is 6.42 Å². The lowest BCUT2D eigenvalue weighted by Gasteiger charge is -2.28. The first-order chi connectivity index (χ1) is 7.45. The molecule has 0 aromatic carbocycles. The Bertz CT molecular complexity index is 163. The van der Waals surface area contributed by atoms with Crippen LogP contribution in [-0.4, -0.2) is 81.4 Å². The Morgan fingerprint density at radius 2 is 1.38 bits per heavy atom. The summed E-state index contributed by atoms with van der Waals surface area (Å²) in [7, 11) is 1.55. The zero-order chi connectivity index (χ0) is 12.7. The molecule has 0 saturated heterocycles. The Balaban J connectivity index is 4.24. The van der Waals surface area contributed by atoms with Crippen LogP contribution in [0.25, 0.3) is 0 Å². The first kappa shape index (κ1) is 15.7. The molecule has 0 aliphatic carbocycles. The van der Waals surface area contributed by atoms with E-state index in [-0.39, 0.29) is 19.6 Å². The van der Waals surface area contributed by atoms with Crippen molar-refractivity contribution in [2.24, 2.45) is 0 Å². The van der Waals surface area contributed by atoms with Gasteiger partial charge in [-0.15, -0.1) is 0 Å². The fourth-order valence-electron chi connectivity index (χ4n) is 1.29. The van der Waals surface area contributed by atoms with E-state index in [4.69, 9.17) is 5.11 Å². The number of aliphatic hydroxyl groups excluding tert-OH is 6. The van der Waals surface area contributed by atoms with Crippen LogP contribution in [0, 0.1) is 0 Å². The average Bonchev–Trinajstić information content (AvgIpc) is 2.26. The molecule has 7 N–H and O–H groups in total. The molecule has 98 valence electrons. The largest absolute Gasteiger partial charge is 0.396 e. The minimum Gasteiger partial charge on any atom is -0.396 e. The molecule has 7 nitrogen and oxygen atoms in total. The van der Waals surface area contributed by atoms with Gasteiger partial charge in [-0.25, -0.2) is 0 Å². The van der Waals surface area contributed by atoms with Gasteiger partial charge in [0.25, 0.3) is 0 Å². The molecule has 0 spiro atoms. The molecule has 0 aliphatic heterocycles. The normalized spacial score (nSPS) is 21.2. The molecule has 0 fully saturated rings. The first-order valence-electron chi connectivity index (χ1n) is 5.11. The molecule has 0 amide bonds. The number of rotatable bonds is 8. The van der Waals surface area contributed by atoms with E-state index in [0.29, 0.717) is 0 Å². The van der Waals surface area contributed by atoms with Gasteiger partial charge in [-0.1, -0.05) is 0 Å². The second kappa shape index (κ2) is 7.91. The van der Waals surface area contributed by atoms with Crippen LogP contribution < -0.4 is 5.32 Å². The highest BCUT2D eigenvalue weighted by molar-refractivity contribution is 4.85. The summed E-state index contributed by atoms with van der Waals surface area (Å²) >= 11 is 0. The molecule has 0 saturated carbocycles. The van der Waals surface area contributed by atoms with Crippen molar-refractivity contribution in [2.75, 3.05) is 20.2 Å². The molecule has 7 heteroatoms. The average molecular weight is 239 g/mol. The monoisotopic (exact) mass is 239 g/mol. The van der Waals surface area contributed by atoms with Crippen molar-refractivity contribution in [3.63, 3.8) is 0 Å². The van der Waals surface area contributed by atoms with Crippen molar-refractivity contribution in [3.05, 3.63) is 0 Å². The van der Waals surface area contributed by atoms with Crippen molar-refractivity contribution in [1.82, 2.24) is 5.32 Å². The molecule has 5 atom stereocenters. The molecule has 0 rings (SSSR count). The molecule has 16 heavy (non-hydrogen) atoms. The Kier molecular flexibility index (Phi) is 7.77. The van der Waals surface area contributed by atoms with E-state index in [1.807, 2.05) is 0 Å². The van der Waals surface area contributed by atoms with Crippen LogP contribution in [-0.2, 0) is 0 Å². The van der Waals surface area contributed by atoms with Crippen molar-refractivity contribution in [1.29, 1.82) is 0 Å². The van der Waals surface area contributed by atoms with Gasteiger partial charge in [0.2, 0.25) is 0 Å². The summed E-state index contributed by atoms with van der Waals surface area (Å²) in [4.78, 5) is 0. The van der Waals surface area contributed by atoms with Gasteiger partial charge in [-0.3, -0.25) is 0 Å². The van der Waals surface area contributed by atoms with Crippen molar-refractivity contribution in [2.45, 2.75) is 36.9 Å².